The molecule has 0 rings (SSSR count). The Hall–Kier alpha value is -0.940. The Bertz CT molecular complexity index is 214. The first kappa shape index (κ1) is 15.1. The van der Waals surface area contributed by atoms with Gasteiger partial charge in [0.2, 0.25) is 0 Å². The maximum atomic E-state index is 11.4. The average molecular weight is 232 g/mol. The normalized spacial score (nSPS) is 12.2. The summed E-state index contributed by atoms with van der Waals surface area (Å²) >= 11 is 0. The number of esters is 1. The molecule has 0 N–H and O–H groups in total. The number of rotatable bonds is 9. The summed E-state index contributed by atoms with van der Waals surface area (Å²) in [6, 6.07) is 0. The minimum absolute atomic E-state index is 0.0466. The van der Waals surface area contributed by atoms with Crippen LogP contribution in [-0.4, -0.2) is 44.3 Å². The second-order valence-corrected chi connectivity index (χ2v) is 3.21. The molecule has 0 heterocycles. The summed E-state index contributed by atoms with van der Waals surface area (Å²) in [6.07, 6.45) is -0.761. The Kier molecular flexibility index (Phi) is 8.75. The average Bonchev–Trinajstić information content (AvgIpc) is 2.22. The lowest BCUT2D eigenvalue weighted by molar-refractivity contribution is -0.159. The second-order valence-electron chi connectivity index (χ2n) is 3.21. The van der Waals surface area contributed by atoms with Crippen molar-refractivity contribution >= 4 is 11.8 Å². The van der Waals surface area contributed by atoms with E-state index in [2.05, 4.69) is 0 Å². The molecule has 0 spiro atoms. The van der Waals surface area contributed by atoms with Gasteiger partial charge in [0.05, 0.1) is 19.8 Å². The lowest BCUT2D eigenvalue weighted by Gasteiger charge is -2.14. The minimum Gasteiger partial charge on any atom is -0.464 e. The molecule has 5 heteroatoms. The lowest BCUT2D eigenvalue weighted by Crippen LogP contribution is -2.30. The summed E-state index contributed by atoms with van der Waals surface area (Å²) < 4.78 is 15.1. The zero-order chi connectivity index (χ0) is 12.4. The van der Waals surface area contributed by atoms with E-state index in [0.29, 0.717) is 13.2 Å². The van der Waals surface area contributed by atoms with Crippen LogP contribution in [-0.2, 0) is 23.8 Å². The van der Waals surface area contributed by atoms with Crippen molar-refractivity contribution in [1.82, 2.24) is 0 Å². The molecule has 0 radical (unpaired) electrons. The fourth-order valence-electron chi connectivity index (χ4n) is 1.10. The van der Waals surface area contributed by atoms with Gasteiger partial charge in [-0.1, -0.05) is 0 Å². The van der Waals surface area contributed by atoms with Crippen molar-refractivity contribution in [3.63, 3.8) is 0 Å². The van der Waals surface area contributed by atoms with Crippen LogP contribution in [0.1, 0.15) is 27.2 Å². The molecule has 0 amide bonds. The third-order valence-corrected chi connectivity index (χ3v) is 1.77. The van der Waals surface area contributed by atoms with Crippen LogP contribution in [0.4, 0.5) is 0 Å². The number of hydrogen-bond acceptors (Lipinski definition) is 5. The molecule has 0 aliphatic carbocycles. The molecule has 0 aromatic heterocycles. The molecule has 0 aliphatic heterocycles. The number of carbonyl (C=O) groups is 2. The van der Waals surface area contributed by atoms with Crippen molar-refractivity contribution < 1.29 is 23.8 Å². The zero-order valence-corrected chi connectivity index (χ0v) is 10.2. The Morgan fingerprint density at radius 3 is 2.31 bits per heavy atom. The highest BCUT2D eigenvalue weighted by Crippen LogP contribution is 2.03. The number of ether oxygens (including phenoxy) is 3. The fourth-order valence-corrected chi connectivity index (χ4v) is 1.10. The van der Waals surface area contributed by atoms with Crippen molar-refractivity contribution in [3.8, 4) is 0 Å². The number of ketones is 1. The van der Waals surface area contributed by atoms with Crippen molar-refractivity contribution in [2.75, 3.05) is 26.4 Å². The maximum absolute atomic E-state index is 11.4. The lowest BCUT2D eigenvalue weighted by atomic mass is 10.2. The van der Waals surface area contributed by atoms with Crippen LogP contribution in [0.5, 0.6) is 0 Å². The molecule has 0 bridgehead atoms. The van der Waals surface area contributed by atoms with E-state index in [1.165, 1.54) is 6.92 Å². The molecule has 0 aliphatic rings. The monoisotopic (exact) mass is 232 g/mol. The predicted molar refractivity (Wildman–Crippen MR) is 58.2 cm³/mol. The summed E-state index contributed by atoms with van der Waals surface area (Å²) in [6.45, 7) is 6.57. The van der Waals surface area contributed by atoms with Crippen molar-refractivity contribution in [2.45, 2.75) is 33.3 Å². The van der Waals surface area contributed by atoms with Crippen LogP contribution in [0, 0.1) is 0 Å². The second kappa shape index (κ2) is 9.30. The van der Waals surface area contributed by atoms with Crippen molar-refractivity contribution in [2.24, 2.45) is 0 Å². The van der Waals surface area contributed by atoms with Gasteiger partial charge in [-0.05, 0) is 20.8 Å². The van der Waals surface area contributed by atoms with E-state index < -0.39 is 12.1 Å². The fraction of sp³-hybridized carbons (Fsp3) is 0.818. The van der Waals surface area contributed by atoms with Gasteiger partial charge in [0.1, 0.15) is 5.78 Å². The molecule has 94 valence electrons. The maximum Gasteiger partial charge on any atom is 0.335 e. The molecular weight excluding hydrogens is 212 g/mol. The Morgan fingerprint density at radius 1 is 1.12 bits per heavy atom. The molecular formula is C11H20O5. The van der Waals surface area contributed by atoms with E-state index in [1.807, 2.05) is 6.92 Å². The van der Waals surface area contributed by atoms with Crippen molar-refractivity contribution in [1.29, 1.82) is 0 Å². The van der Waals surface area contributed by atoms with E-state index in [-0.39, 0.29) is 25.4 Å². The third kappa shape index (κ3) is 7.36. The molecule has 0 aromatic carbocycles. The Labute approximate surface area is 96.1 Å². The number of hydrogen-bond donors (Lipinski definition) is 0. The predicted octanol–water partition coefficient (Wildman–Crippen LogP) is 0.950. The van der Waals surface area contributed by atoms with E-state index >= 15 is 0 Å². The van der Waals surface area contributed by atoms with Gasteiger partial charge in [-0.25, -0.2) is 4.79 Å². The topological polar surface area (TPSA) is 61.8 Å². The molecule has 0 fully saturated rings. The highest BCUT2D eigenvalue weighted by Gasteiger charge is 2.22. The first-order chi connectivity index (χ1) is 7.61. The standard InChI is InChI=1S/C11H20O5/c1-4-14-6-7-16-10(8-9(3)12)11(13)15-5-2/h10H,4-8H2,1-3H3. The third-order valence-electron chi connectivity index (χ3n) is 1.77. The van der Waals surface area contributed by atoms with Gasteiger partial charge in [-0.2, -0.15) is 0 Å². The summed E-state index contributed by atoms with van der Waals surface area (Å²) in [5.74, 6) is -0.594. The molecule has 0 aromatic rings. The summed E-state index contributed by atoms with van der Waals surface area (Å²) in [5.41, 5.74) is 0. The molecule has 0 saturated heterocycles. The van der Waals surface area contributed by atoms with Crippen LogP contribution in [0.15, 0.2) is 0 Å². The highest BCUT2D eigenvalue weighted by molar-refractivity contribution is 5.84. The van der Waals surface area contributed by atoms with E-state index in [0.717, 1.165) is 0 Å². The zero-order valence-electron chi connectivity index (χ0n) is 10.2. The van der Waals surface area contributed by atoms with E-state index in [1.54, 1.807) is 6.92 Å². The largest absolute Gasteiger partial charge is 0.464 e. The van der Waals surface area contributed by atoms with E-state index in [4.69, 9.17) is 14.2 Å². The summed E-state index contributed by atoms with van der Waals surface area (Å²) in [5, 5.41) is 0. The quantitative estimate of drug-likeness (QED) is 0.437. The highest BCUT2D eigenvalue weighted by atomic mass is 16.6. The summed E-state index contributed by atoms with van der Waals surface area (Å²) in [4.78, 5) is 22.3. The smallest absolute Gasteiger partial charge is 0.335 e. The SMILES string of the molecule is CCOCCOC(CC(C)=O)C(=O)OCC. The molecule has 5 nitrogen and oxygen atoms in total. The number of carbonyl (C=O) groups excluding carboxylic acids is 2. The van der Waals surface area contributed by atoms with Gasteiger partial charge in [0.15, 0.2) is 6.10 Å². The van der Waals surface area contributed by atoms with E-state index in [9.17, 15) is 9.59 Å². The van der Waals surface area contributed by atoms with Gasteiger partial charge in [-0.15, -0.1) is 0 Å². The molecule has 1 unspecified atom stereocenters. The van der Waals surface area contributed by atoms with Crippen LogP contribution >= 0.6 is 0 Å². The van der Waals surface area contributed by atoms with Gasteiger partial charge in [0, 0.05) is 13.0 Å². The molecule has 0 saturated carbocycles. The molecule has 16 heavy (non-hydrogen) atoms. The number of Topliss-reactive ketones (excluding diaryl/α,β-unsaturated/α-hetero) is 1. The molecule has 1 atom stereocenters. The minimum atomic E-state index is -0.807. The van der Waals surface area contributed by atoms with Crippen LogP contribution in [0.2, 0.25) is 0 Å². The van der Waals surface area contributed by atoms with Crippen LogP contribution in [0.25, 0.3) is 0 Å². The summed E-state index contributed by atoms with van der Waals surface area (Å²) in [7, 11) is 0. The van der Waals surface area contributed by atoms with Gasteiger partial charge >= 0.3 is 5.97 Å². The van der Waals surface area contributed by atoms with Crippen LogP contribution in [0.3, 0.4) is 0 Å². The van der Waals surface area contributed by atoms with Gasteiger partial charge in [-0.3, -0.25) is 4.79 Å². The first-order valence-corrected chi connectivity index (χ1v) is 5.47. The Morgan fingerprint density at radius 2 is 1.81 bits per heavy atom. The Balaban J connectivity index is 3.99. The van der Waals surface area contributed by atoms with Gasteiger partial charge < -0.3 is 14.2 Å². The first-order valence-electron chi connectivity index (χ1n) is 5.47. The van der Waals surface area contributed by atoms with Crippen molar-refractivity contribution in [3.05, 3.63) is 0 Å². The van der Waals surface area contributed by atoms with Gasteiger partial charge in [0.25, 0.3) is 0 Å². The van der Waals surface area contributed by atoms with Crippen LogP contribution < -0.4 is 0 Å².